The van der Waals surface area contributed by atoms with Crippen molar-refractivity contribution in [3.8, 4) is 11.6 Å². The summed E-state index contributed by atoms with van der Waals surface area (Å²) >= 11 is 0. The molecule has 9 nitrogen and oxygen atoms in total. The minimum absolute atomic E-state index is 0.277. The number of hydrogen-bond acceptors (Lipinski definition) is 8. The summed E-state index contributed by atoms with van der Waals surface area (Å²) in [7, 11) is 0. The van der Waals surface area contributed by atoms with E-state index >= 15 is 0 Å². The van der Waals surface area contributed by atoms with Gasteiger partial charge in [0.05, 0.1) is 23.8 Å². The third kappa shape index (κ3) is 3.60. The number of fused-ring (bicyclic) bond motifs is 2. The lowest BCUT2D eigenvalue weighted by atomic mass is 10.2. The van der Waals surface area contributed by atoms with Gasteiger partial charge in [-0.05, 0) is 35.9 Å². The molecular formula is C24H17FN8O. The molecule has 6 aromatic rings. The number of nitrogens with one attached hydrogen (secondary N) is 1. The van der Waals surface area contributed by atoms with Crippen molar-refractivity contribution >= 4 is 33.4 Å². The summed E-state index contributed by atoms with van der Waals surface area (Å²) in [4.78, 5) is 13.1. The second-order valence-electron chi connectivity index (χ2n) is 7.71. The number of anilines is 2. The predicted octanol–water partition coefficient (Wildman–Crippen LogP) is 4.66. The van der Waals surface area contributed by atoms with Gasteiger partial charge >= 0.3 is 0 Å². The van der Waals surface area contributed by atoms with Crippen LogP contribution >= 0.6 is 0 Å². The Morgan fingerprint density at radius 1 is 0.941 bits per heavy atom. The molecule has 0 amide bonds. The van der Waals surface area contributed by atoms with Gasteiger partial charge in [-0.3, -0.25) is 4.68 Å². The maximum Gasteiger partial charge on any atom is 0.266 e. The zero-order valence-electron chi connectivity index (χ0n) is 18.0. The highest BCUT2D eigenvalue weighted by Crippen LogP contribution is 2.30. The lowest BCUT2D eigenvalue weighted by molar-refractivity contribution is 0.531. The molecular weight excluding hydrogens is 435 g/mol. The van der Waals surface area contributed by atoms with Gasteiger partial charge in [0, 0.05) is 17.7 Å². The minimum atomic E-state index is -0.277. The predicted molar refractivity (Wildman–Crippen MR) is 124 cm³/mol. The Morgan fingerprint density at radius 2 is 1.85 bits per heavy atom. The molecule has 0 aliphatic carbocycles. The maximum absolute atomic E-state index is 13.7. The average Bonchev–Trinajstić information content (AvgIpc) is 3.43. The summed E-state index contributed by atoms with van der Waals surface area (Å²) < 4.78 is 21.1. The van der Waals surface area contributed by atoms with Gasteiger partial charge in [0.1, 0.15) is 23.7 Å². The Hall–Kier alpha value is -4.73. The lowest BCUT2D eigenvalue weighted by Gasteiger charge is -2.07. The van der Waals surface area contributed by atoms with Crippen LogP contribution in [0.3, 0.4) is 0 Å². The molecule has 6 rings (SSSR count). The van der Waals surface area contributed by atoms with E-state index in [-0.39, 0.29) is 5.82 Å². The van der Waals surface area contributed by atoms with E-state index < -0.39 is 0 Å². The van der Waals surface area contributed by atoms with Crippen molar-refractivity contribution in [2.24, 2.45) is 0 Å². The number of halogens is 1. The molecule has 1 N–H and O–H groups in total. The first-order valence-electron chi connectivity index (χ1n) is 10.5. The van der Waals surface area contributed by atoms with Crippen molar-refractivity contribution in [1.82, 2.24) is 34.9 Å². The second kappa shape index (κ2) is 8.00. The molecule has 0 aliphatic rings. The van der Waals surface area contributed by atoms with Gasteiger partial charge < -0.3 is 9.73 Å². The lowest BCUT2D eigenvalue weighted by Crippen LogP contribution is -2.03. The standard InChI is InChI=1S/C24H17FN8O/c1-14-30-31-24(34-14)19-10-18-20(11-26-19)27-13-28-22(18)29-23-17-7-2-3-8-21(17)33(32-23)12-15-5-4-6-16(25)9-15/h2-11,13H,12H2,1H3,(H,27,28,29,32). The van der Waals surface area contributed by atoms with E-state index in [0.717, 1.165) is 21.9 Å². The fraction of sp³-hybridized carbons (Fsp3) is 0.0833. The van der Waals surface area contributed by atoms with Crippen molar-refractivity contribution < 1.29 is 8.81 Å². The Balaban J connectivity index is 1.42. The van der Waals surface area contributed by atoms with Crippen molar-refractivity contribution in [3.63, 3.8) is 0 Å². The molecule has 0 spiro atoms. The summed E-state index contributed by atoms with van der Waals surface area (Å²) in [5.74, 6) is 1.68. The van der Waals surface area contributed by atoms with E-state index in [2.05, 4.69) is 30.5 Å². The van der Waals surface area contributed by atoms with E-state index in [1.165, 1.54) is 18.5 Å². The van der Waals surface area contributed by atoms with Crippen LogP contribution in [0.25, 0.3) is 33.4 Å². The first-order valence-corrected chi connectivity index (χ1v) is 10.5. The van der Waals surface area contributed by atoms with Crippen molar-refractivity contribution in [3.05, 3.63) is 84.4 Å². The molecule has 166 valence electrons. The van der Waals surface area contributed by atoms with E-state index in [1.54, 1.807) is 25.3 Å². The van der Waals surface area contributed by atoms with Crippen LogP contribution < -0.4 is 5.32 Å². The third-order valence-corrected chi connectivity index (χ3v) is 5.38. The van der Waals surface area contributed by atoms with E-state index in [9.17, 15) is 4.39 Å². The van der Waals surface area contributed by atoms with Gasteiger partial charge in [0.25, 0.3) is 5.89 Å². The summed E-state index contributed by atoms with van der Waals surface area (Å²) in [5.41, 5.74) is 2.91. The van der Waals surface area contributed by atoms with E-state index in [4.69, 9.17) is 9.52 Å². The second-order valence-corrected chi connectivity index (χ2v) is 7.71. The average molecular weight is 452 g/mol. The largest absolute Gasteiger partial charge is 0.420 e. The van der Waals surface area contributed by atoms with Crippen LogP contribution in [0.4, 0.5) is 16.0 Å². The first kappa shape index (κ1) is 19.9. The molecule has 0 saturated heterocycles. The molecule has 0 aliphatic heterocycles. The summed E-state index contributed by atoms with van der Waals surface area (Å²) in [6, 6.07) is 16.1. The third-order valence-electron chi connectivity index (χ3n) is 5.38. The maximum atomic E-state index is 13.7. The molecule has 0 atom stereocenters. The van der Waals surface area contributed by atoms with Crippen molar-refractivity contribution in [2.45, 2.75) is 13.5 Å². The van der Waals surface area contributed by atoms with Crippen LogP contribution in [0.1, 0.15) is 11.5 Å². The normalized spacial score (nSPS) is 11.4. The quantitative estimate of drug-likeness (QED) is 0.402. The first-order chi connectivity index (χ1) is 16.6. The highest BCUT2D eigenvalue weighted by Gasteiger charge is 2.15. The monoisotopic (exact) mass is 452 g/mol. The number of pyridine rings is 1. The fourth-order valence-electron chi connectivity index (χ4n) is 3.84. The van der Waals surface area contributed by atoms with Crippen LogP contribution in [-0.4, -0.2) is 34.9 Å². The molecule has 10 heteroatoms. The zero-order chi connectivity index (χ0) is 23.1. The number of aryl methyl sites for hydroxylation is 1. The Kier molecular flexibility index (Phi) is 4.69. The van der Waals surface area contributed by atoms with Gasteiger partial charge in [-0.2, -0.15) is 5.10 Å². The van der Waals surface area contributed by atoms with E-state index in [0.29, 0.717) is 41.2 Å². The summed E-state index contributed by atoms with van der Waals surface area (Å²) in [6.45, 7) is 2.15. The fourth-order valence-corrected chi connectivity index (χ4v) is 3.84. The summed E-state index contributed by atoms with van der Waals surface area (Å²) in [5, 5.41) is 17.7. The number of aromatic nitrogens is 7. The molecule has 0 unspecified atom stereocenters. The van der Waals surface area contributed by atoms with Gasteiger partial charge in [-0.25, -0.2) is 19.3 Å². The Morgan fingerprint density at radius 3 is 2.71 bits per heavy atom. The highest BCUT2D eigenvalue weighted by atomic mass is 19.1. The molecule has 0 saturated carbocycles. The van der Waals surface area contributed by atoms with Gasteiger partial charge in [0.2, 0.25) is 5.89 Å². The Labute approximate surface area is 192 Å². The minimum Gasteiger partial charge on any atom is -0.420 e. The van der Waals surface area contributed by atoms with Crippen LogP contribution in [0, 0.1) is 12.7 Å². The topological polar surface area (TPSA) is 107 Å². The molecule has 34 heavy (non-hydrogen) atoms. The van der Waals surface area contributed by atoms with Crippen LogP contribution in [0.5, 0.6) is 0 Å². The highest BCUT2D eigenvalue weighted by molar-refractivity contribution is 5.96. The SMILES string of the molecule is Cc1nnc(-c2cc3c(Nc4nn(Cc5cccc(F)c5)c5ccccc45)ncnc3cn2)o1. The number of benzene rings is 2. The molecule has 2 aromatic carbocycles. The number of nitrogens with zero attached hydrogens (tertiary/aromatic N) is 7. The number of hydrogen-bond donors (Lipinski definition) is 1. The van der Waals surface area contributed by atoms with E-state index in [1.807, 2.05) is 35.0 Å². The molecule has 4 aromatic heterocycles. The van der Waals surface area contributed by atoms with Crippen molar-refractivity contribution in [2.75, 3.05) is 5.32 Å². The molecule has 4 heterocycles. The molecule has 0 radical (unpaired) electrons. The van der Waals surface area contributed by atoms with Crippen molar-refractivity contribution in [1.29, 1.82) is 0 Å². The van der Waals surface area contributed by atoms with Crippen LogP contribution in [0.15, 0.2) is 71.5 Å². The van der Waals surface area contributed by atoms with Gasteiger partial charge in [-0.15, -0.1) is 10.2 Å². The number of para-hydroxylation sites is 1. The Bertz CT molecular complexity index is 1660. The van der Waals surface area contributed by atoms with Gasteiger partial charge in [-0.1, -0.05) is 24.3 Å². The molecule has 0 bridgehead atoms. The van der Waals surface area contributed by atoms with Crippen LogP contribution in [0.2, 0.25) is 0 Å². The smallest absolute Gasteiger partial charge is 0.266 e. The van der Waals surface area contributed by atoms with Crippen LogP contribution in [-0.2, 0) is 6.54 Å². The van der Waals surface area contributed by atoms with Gasteiger partial charge in [0.15, 0.2) is 5.82 Å². The number of rotatable bonds is 5. The zero-order valence-corrected chi connectivity index (χ0v) is 18.0. The summed E-state index contributed by atoms with van der Waals surface area (Å²) in [6.07, 6.45) is 3.10. The molecule has 0 fully saturated rings.